The molecule has 1 aromatic rings. The molecular formula is C13H20N2S. The van der Waals surface area contributed by atoms with Crippen molar-refractivity contribution in [3.8, 4) is 0 Å². The molecule has 2 rings (SSSR count). The Balaban J connectivity index is 2.06. The van der Waals surface area contributed by atoms with E-state index in [2.05, 4.69) is 48.6 Å². The second-order valence-electron chi connectivity index (χ2n) is 4.60. The molecule has 1 heterocycles. The third-order valence-electron chi connectivity index (χ3n) is 2.79. The van der Waals surface area contributed by atoms with Gasteiger partial charge in [-0.2, -0.15) is 11.8 Å². The number of nitrogens with one attached hydrogen (secondary N) is 1. The largest absolute Gasteiger partial charge is 0.381 e. The van der Waals surface area contributed by atoms with Gasteiger partial charge in [0.2, 0.25) is 0 Å². The fourth-order valence-corrected chi connectivity index (χ4v) is 3.16. The zero-order valence-electron chi connectivity index (χ0n) is 10.1. The number of hydrogen-bond acceptors (Lipinski definition) is 3. The second kappa shape index (κ2) is 5.60. The quantitative estimate of drug-likeness (QED) is 0.865. The van der Waals surface area contributed by atoms with Gasteiger partial charge in [-0.1, -0.05) is 18.2 Å². The number of rotatable bonds is 4. The van der Waals surface area contributed by atoms with Crippen molar-refractivity contribution in [2.75, 3.05) is 30.9 Å². The van der Waals surface area contributed by atoms with Crippen molar-refractivity contribution in [2.24, 2.45) is 0 Å². The van der Waals surface area contributed by atoms with Crippen LogP contribution in [-0.2, 0) is 6.54 Å². The molecule has 88 valence electrons. The molecule has 0 saturated carbocycles. The molecule has 1 atom stereocenters. The van der Waals surface area contributed by atoms with Crippen LogP contribution in [0.1, 0.15) is 12.0 Å². The van der Waals surface area contributed by atoms with Crippen molar-refractivity contribution in [3.63, 3.8) is 0 Å². The van der Waals surface area contributed by atoms with E-state index < -0.39 is 0 Å². The summed E-state index contributed by atoms with van der Waals surface area (Å²) < 4.78 is 0. The number of nitrogens with zero attached hydrogens (tertiary/aromatic N) is 1. The van der Waals surface area contributed by atoms with Crippen LogP contribution in [0, 0.1) is 0 Å². The van der Waals surface area contributed by atoms with E-state index in [0.29, 0.717) is 6.04 Å². The van der Waals surface area contributed by atoms with E-state index in [-0.39, 0.29) is 0 Å². The Kier molecular flexibility index (Phi) is 4.13. The van der Waals surface area contributed by atoms with Crippen molar-refractivity contribution in [1.82, 2.24) is 4.90 Å². The lowest BCUT2D eigenvalue weighted by molar-refractivity contribution is 0.403. The van der Waals surface area contributed by atoms with E-state index in [1.54, 1.807) is 0 Å². The molecule has 1 aliphatic rings. The van der Waals surface area contributed by atoms with E-state index in [0.717, 1.165) is 6.54 Å². The predicted molar refractivity (Wildman–Crippen MR) is 73.2 cm³/mol. The highest BCUT2D eigenvalue weighted by Crippen LogP contribution is 2.23. The molecule has 16 heavy (non-hydrogen) atoms. The van der Waals surface area contributed by atoms with Crippen LogP contribution in [0.4, 0.5) is 5.69 Å². The van der Waals surface area contributed by atoms with Gasteiger partial charge in [-0.25, -0.2) is 0 Å². The van der Waals surface area contributed by atoms with E-state index in [1.165, 1.54) is 29.2 Å². The summed E-state index contributed by atoms with van der Waals surface area (Å²) in [5, 5.41) is 3.67. The molecule has 2 nitrogen and oxygen atoms in total. The zero-order valence-corrected chi connectivity index (χ0v) is 10.9. The minimum Gasteiger partial charge on any atom is -0.381 e. The van der Waals surface area contributed by atoms with Gasteiger partial charge in [-0.05, 0) is 37.9 Å². The first-order valence-electron chi connectivity index (χ1n) is 5.82. The third kappa shape index (κ3) is 3.16. The summed E-state index contributed by atoms with van der Waals surface area (Å²) in [7, 11) is 4.23. The smallest absolute Gasteiger partial charge is 0.0388 e. The normalized spacial score (nSPS) is 20.3. The Labute approximate surface area is 102 Å². The molecule has 1 aromatic carbocycles. The van der Waals surface area contributed by atoms with Crippen LogP contribution in [0.5, 0.6) is 0 Å². The fourth-order valence-electron chi connectivity index (χ4n) is 2.01. The number of para-hydroxylation sites is 1. The molecule has 0 radical (unpaired) electrons. The topological polar surface area (TPSA) is 15.3 Å². The number of benzene rings is 1. The molecule has 1 unspecified atom stereocenters. The maximum Gasteiger partial charge on any atom is 0.0388 e. The van der Waals surface area contributed by atoms with E-state index >= 15 is 0 Å². The van der Waals surface area contributed by atoms with Crippen LogP contribution in [0.15, 0.2) is 24.3 Å². The number of anilines is 1. The SMILES string of the molecule is CN(C)Cc1ccccc1NC1CCSC1. The highest BCUT2D eigenvalue weighted by atomic mass is 32.2. The molecule has 1 N–H and O–H groups in total. The fraction of sp³-hybridized carbons (Fsp3) is 0.538. The molecule has 1 fully saturated rings. The van der Waals surface area contributed by atoms with Crippen LogP contribution >= 0.6 is 11.8 Å². The average molecular weight is 236 g/mol. The molecule has 0 spiro atoms. The summed E-state index contributed by atoms with van der Waals surface area (Å²) in [5.41, 5.74) is 2.70. The molecule has 0 amide bonds. The number of hydrogen-bond donors (Lipinski definition) is 1. The highest BCUT2D eigenvalue weighted by Gasteiger charge is 2.16. The Bertz CT molecular complexity index is 332. The van der Waals surface area contributed by atoms with Crippen molar-refractivity contribution in [2.45, 2.75) is 19.0 Å². The summed E-state index contributed by atoms with van der Waals surface area (Å²) in [5.74, 6) is 2.55. The molecule has 3 heteroatoms. The highest BCUT2D eigenvalue weighted by molar-refractivity contribution is 7.99. The van der Waals surface area contributed by atoms with Gasteiger partial charge in [-0.3, -0.25) is 0 Å². The van der Waals surface area contributed by atoms with Crippen LogP contribution in [-0.4, -0.2) is 36.5 Å². The number of thioether (sulfide) groups is 1. The van der Waals surface area contributed by atoms with Gasteiger partial charge in [0, 0.05) is 24.0 Å². The van der Waals surface area contributed by atoms with E-state index in [9.17, 15) is 0 Å². The first-order chi connectivity index (χ1) is 7.75. The Morgan fingerprint density at radius 2 is 2.19 bits per heavy atom. The molecule has 0 aliphatic carbocycles. The van der Waals surface area contributed by atoms with Crippen LogP contribution in [0.3, 0.4) is 0 Å². The van der Waals surface area contributed by atoms with Gasteiger partial charge >= 0.3 is 0 Å². The minimum atomic E-state index is 0.660. The predicted octanol–water partition coefficient (Wildman–Crippen LogP) is 2.67. The molecule has 0 aromatic heterocycles. The molecule has 0 bridgehead atoms. The van der Waals surface area contributed by atoms with Gasteiger partial charge < -0.3 is 10.2 Å². The minimum absolute atomic E-state index is 0.660. The Hall–Kier alpha value is -0.670. The van der Waals surface area contributed by atoms with Gasteiger partial charge in [0.1, 0.15) is 0 Å². The average Bonchev–Trinajstić information content (AvgIpc) is 2.73. The monoisotopic (exact) mass is 236 g/mol. The van der Waals surface area contributed by atoms with Crippen molar-refractivity contribution >= 4 is 17.4 Å². The first kappa shape index (κ1) is 11.8. The van der Waals surface area contributed by atoms with E-state index in [4.69, 9.17) is 0 Å². The lowest BCUT2D eigenvalue weighted by Crippen LogP contribution is -2.20. The van der Waals surface area contributed by atoms with Gasteiger partial charge in [0.05, 0.1) is 0 Å². The third-order valence-corrected chi connectivity index (χ3v) is 3.96. The lowest BCUT2D eigenvalue weighted by Gasteiger charge is -2.18. The van der Waals surface area contributed by atoms with Crippen molar-refractivity contribution in [1.29, 1.82) is 0 Å². The maximum atomic E-state index is 3.67. The first-order valence-corrected chi connectivity index (χ1v) is 6.98. The molecular weight excluding hydrogens is 216 g/mol. The summed E-state index contributed by atoms with van der Waals surface area (Å²) in [4.78, 5) is 2.21. The molecule has 1 saturated heterocycles. The van der Waals surface area contributed by atoms with Crippen LogP contribution < -0.4 is 5.32 Å². The van der Waals surface area contributed by atoms with Gasteiger partial charge in [0.25, 0.3) is 0 Å². The standard InChI is InChI=1S/C13H20N2S/c1-15(2)9-11-5-3-4-6-13(11)14-12-7-8-16-10-12/h3-6,12,14H,7-10H2,1-2H3. The summed E-state index contributed by atoms with van der Waals surface area (Å²) >= 11 is 2.05. The van der Waals surface area contributed by atoms with Crippen LogP contribution in [0.25, 0.3) is 0 Å². The van der Waals surface area contributed by atoms with Gasteiger partial charge in [0.15, 0.2) is 0 Å². The maximum absolute atomic E-state index is 3.67. The second-order valence-corrected chi connectivity index (χ2v) is 5.75. The van der Waals surface area contributed by atoms with E-state index in [1.807, 2.05) is 11.8 Å². The lowest BCUT2D eigenvalue weighted by atomic mass is 10.1. The van der Waals surface area contributed by atoms with Crippen LogP contribution in [0.2, 0.25) is 0 Å². The Morgan fingerprint density at radius 3 is 2.88 bits per heavy atom. The summed E-state index contributed by atoms with van der Waals surface area (Å²) in [6.45, 7) is 1.00. The Morgan fingerprint density at radius 1 is 1.38 bits per heavy atom. The molecule has 1 aliphatic heterocycles. The van der Waals surface area contributed by atoms with Crippen molar-refractivity contribution in [3.05, 3.63) is 29.8 Å². The van der Waals surface area contributed by atoms with Gasteiger partial charge in [-0.15, -0.1) is 0 Å². The summed E-state index contributed by atoms with van der Waals surface area (Å²) in [6, 6.07) is 9.30. The van der Waals surface area contributed by atoms with Crippen molar-refractivity contribution < 1.29 is 0 Å². The zero-order chi connectivity index (χ0) is 11.4. The summed E-state index contributed by atoms with van der Waals surface area (Å²) in [6.07, 6.45) is 1.29.